The minimum absolute atomic E-state index is 0.155. The molecule has 0 aliphatic rings. The van der Waals surface area contributed by atoms with E-state index in [1.165, 1.54) is 24.3 Å². The van der Waals surface area contributed by atoms with Crippen molar-refractivity contribution in [1.29, 1.82) is 0 Å². The first-order valence-corrected chi connectivity index (χ1v) is 7.67. The zero-order valence-corrected chi connectivity index (χ0v) is 13.6. The van der Waals surface area contributed by atoms with Crippen molar-refractivity contribution >= 4 is 23.6 Å². The van der Waals surface area contributed by atoms with E-state index in [0.717, 1.165) is 0 Å². The Labute approximate surface area is 147 Å². The predicted molar refractivity (Wildman–Crippen MR) is 90.0 cm³/mol. The standard InChI is InChI=1S/C18H12ClFN2O3/c19-14-5-2-4-13(10-14)18-21-16(25-22-18)11-24-17(23)8-7-12-3-1-6-15(20)9-12/h1-10H,11H2/b8-7+. The van der Waals surface area contributed by atoms with E-state index in [2.05, 4.69) is 10.1 Å². The predicted octanol–water partition coefficient (Wildman–Crippen LogP) is 4.29. The molecule has 1 heterocycles. The van der Waals surface area contributed by atoms with Crippen LogP contribution in [0.2, 0.25) is 5.02 Å². The molecule has 2 aromatic carbocycles. The van der Waals surface area contributed by atoms with E-state index >= 15 is 0 Å². The molecule has 5 nitrogen and oxygen atoms in total. The van der Waals surface area contributed by atoms with Crippen LogP contribution < -0.4 is 0 Å². The highest BCUT2D eigenvalue weighted by Gasteiger charge is 2.10. The molecule has 0 atom stereocenters. The summed E-state index contributed by atoms with van der Waals surface area (Å²) >= 11 is 5.91. The van der Waals surface area contributed by atoms with Crippen LogP contribution in [0.15, 0.2) is 59.1 Å². The van der Waals surface area contributed by atoms with Gasteiger partial charge in [-0.1, -0.05) is 41.0 Å². The van der Waals surface area contributed by atoms with Gasteiger partial charge in [0.25, 0.3) is 5.89 Å². The van der Waals surface area contributed by atoms with Crippen molar-refractivity contribution in [3.8, 4) is 11.4 Å². The van der Waals surface area contributed by atoms with Gasteiger partial charge in [-0.15, -0.1) is 0 Å². The fraction of sp³-hybridized carbons (Fsp3) is 0.0556. The van der Waals surface area contributed by atoms with E-state index < -0.39 is 5.97 Å². The second kappa shape index (κ2) is 7.72. The highest BCUT2D eigenvalue weighted by atomic mass is 35.5. The van der Waals surface area contributed by atoms with E-state index in [1.807, 2.05) is 0 Å². The Hall–Kier alpha value is -2.99. The lowest BCUT2D eigenvalue weighted by Crippen LogP contribution is -2.01. The Kier molecular flexibility index (Phi) is 5.20. The molecular weight excluding hydrogens is 347 g/mol. The maximum atomic E-state index is 13.0. The fourth-order valence-corrected chi connectivity index (χ4v) is 2.20. The lowest BCUT2D eigenvalue weighted by Gasteiger charge is -1.97. The van der Waals surface area contributed by atoms with Crippen molar-refractivity contribution in [2.24, 2.45) is 0 Å². The van der Waals surface area contributed by atoms with E-state index in [9.17, 15) is 9.18 Å². The Balaban J connectivity index is 1.58. The summed E-state index contributed by atoms with van der Waals surface area (Å²) in [7, 11) is 0. The average Bonchev–Trinajstić information content (AvgIpc) is 3.07. The van der Waals surface area contributed by atoms with Gasteiger partial charge in [-0.3, -0.25) is 0 Å². The monoisotopic (exact) mass is 358 g/mol. The number of halogens is 2. The van der Waals surface area contributed by atoms with Gasteiger partial charge in [0.1, 0.15) is 5.82 Å². The summed E-state index contributed by atoms with van der Waals surface area (Å²) in [5.41, 5.74) is 1.25. The second-order valence-corrected chi connectivity index (χ2v) is 5.45. The molecule has 25 heavy (non-hydrogen) atoms. The van der Waals surface area contributed by atoms with Gasteiger partial charge in [0.05, 0.1) is 0 Å². The molecule has 126 valence electrons. The zero-order chi connectivity index (χ0) is 17.6. The molecule has 0 unspecified atom stereocenters. The maximum Gasteiger partial charge on any atom is 0.331 e. The quantitative estimate of drug-likeness (QED) is 0.503. The van der Waals surface area contributed by atoms with Crippen molar-refractivity contribution in [3.63, 3.8) is 0 Å². The smallest absolute Gasteiger partial charge is 0.331 e. The summed E-state index contributed by atoms with van der Waals surface area (Å²) in [5.74, 6) is -0.479. The number of aromatic nitrogens is 2. The van der Waals surface area contributed by atoms with Gasteiger partial charge in [-0.05, 0) is 35.9 Å². The molecule has 0 saturated heterocycles. The topological polar surface area (TPSA) is 65.2 Å². The molecule has 0 amide bonds. The minimum atomic E-state index is -0.605. The van der Waals surface area contributed by atoms with Crippen molar-refractivity contribution in [2.45, 2.75) is 6.61 Å². The molecule has 0 aliphatic carbocycles. The molecular formula is C18H12ClFN2O3. The summed E-state index contributed by atoms with van der Waals surface area (Å²) in [5, 5.41) is 4.37. The minimum Gasteiger partial charge on any atom is -0.452 e. The van der Waals surface area contributed by atoms with Gasteiger partial charge in [-0.2, -0.15) is 4.98 Å². The van der Waals surface area contributed by atoms with E-state index in [4.69, 9.17) is 20.9 Å². The van der Waals surface area contributed by atoms with Crippen LogP contribution in [-0.4, -0.2) is 16.1 Å². The molecule has 0 N–H and O–H groups in total. The lowest BCUT2D eigenvalue weighted by molar-refractivity contribution is -0.139. The second-order valence-electron chi connectivity index (χ2n) is 5.02. The normalized spacial score (nSPS) is 11.0. The molecule has 0 aliphatic heterocycles. The summed E-state index contributed by atoms with van der Waals surface area (Å²) in [4.78, 5) is 15.8. The molecule has 0 spiro atoms. The number of hydrogen-bond acceptors (Lipinski definition) is 5. The van der Waals surface area contributed by atoms with E-state index in [0.29, 0.717) is 22.0 Å². The van der Waals surface area contributed by atoms with Gasteiger partial charge < -0.3 is 9.26 Å². The van der Waals surface area contributed by atoms with Crippen molar-refractivity contribution < 1.29 is 18.4 Å². The Morgan fingerprint density at radius 2 is 2.08 bits per heavy atom. The SMILES string of the molecule is O=C(/C=C/c1cccc(F)c1)OCc1nc(-c2cccc(Cl)c2)no1. The number of carbonyl (C=O) groups excluding carboxylic acids is 1. The highest BCUT2D eigenvalue weighted by molar-refractivity contribution is 6.30. The van der Waals surface area contributed by atoms with Crippen LogP contribution in [0.3, 0.4) is 0 Å². The number of esters is 1. The van der Waals surface area contributed by atoms with Crippen LogP contribution in [0.25, 0.3) is 17.5 Å². The molecule has 3 aromatic rings. The van der Waals surface area contributed by atoms with Gasteiger partial charge in [0.2, 0.25) is 5.82 Å². The Morgan fingerprint density at radius 3 is 2.88 bits per heavy atom. The first-order chi connectivity index (χ1) is 12.1. The summed E-state index contributed by atoms with van der Waals surface area (Å²) in [6.45, 7) is -0.167. The van der Waals surface area contributed by atoms with Crippen LogP contribution in [0.4, 0.5) is 4.39 Å². The van der Waals surface area contributed by atoms with Gasteiger partial charge >= 0.3 is 5.97 Å². The fourth-order valence-electron chi connectivity index (χ4n) is 2.01. The number of carbonyl (C=O) groups is 1. The van der Waals surface area contributed by atoms with Crippen LogP contribution in [0.1, 0.15) is 11.5 Å². The maximum absolute atomic E-state index is 13.0. The largest absolute Gasteiger partial charge is 0.452 e. The summed E-state index contributed by atoms with van der Waals surface area (Å²) in [6, 6.07) is 12.8. The highest BCUT2D eigenvalue weighted by Crippen LogP contribution is 2.20. The van der Waals surface area contributed by atoms with Gasteiger partial charge in [-0.25, -0.2) is 9.18 Å². The van der Waals surface area contributed by atoms with Crippen molar-refractivity contribution in [1.82, 2.24) is 10.1 Å². The van der Waals surface area contributed by atoms with Crippen LogP contribution >= 0.6 is 11.6 Å². The van der Waals surface area contributed by atoms with E-state index in [1.54, 1.807) is 36.4 Å². The van der Waals surface area contributed by atoms with Crippen molar-refractivity contribution in [2.75, 3.05) is 0 Å². The van der Waals surface area contributed by atoms with E-state index in [-0.39, 0.29) is 18.3 Å². The van der Waals surface area contributed by atoms with Gasteiger partial charge in [0.15, 0.2) is 6.61 Å². The van der Waals surface area contributed by atoms with Crippen LogP contribution in [-0.2, 0) is 16.1 Å². The van der Waals surface area contributed by atoms with Gasteiger partial charge in [0, 0.05) is 16.7 Å². The third-order valence-corrected chi connectivity index (χ3v) is 3.38. The Morgan fingerprint density at radius 1 is 1.24 bits per heavy atom. The number of ether oxygens (including phenoxy) is 1. The summed E-state index contributed by atoms with van der Waals surface area (Å²) < 4.78 is 23.1. The third-order valence-electron chi connectivity index (χ3n) is 3.15. The number of nitrogens with zero attached hydrogens (tertiary/aromatic N) is 2. The molecule has 0 saturated carbocycles. The first kappa shape index (κ1) is 16.9. The molecule has 0 radical (unpaired) electrons. The molecule has 7 heteroatoms. The average molecular weight is 359 g/mol. The Bertz CT molecular complexity index is 924. The molecule has 3 rings (SSSR count). The first-order valence-electron chi connectivity index (χ1n) is 7.29. The molecule has 0 bridgehead atoms. The third kappa shape index (κ3) is 4.74. The molecule has 1 aromatic heterocycles. The number of rotatable bonds is 5. The van der Waals surface area contributed by atoms with Crippen LogP contribution in [0, 0.1) is 5.82 Å². The number of hydrogen-bond donors (Lipinski definition) is 0. The number of benzene rings is 2. The lowest BCUT2D eigenvalue weighted by atomic mass is 10.2. The van der Waals surface area contributed by atoms with Crippen LogP contribution in [0.5, 0.6) is 0 Å². The van der Waals surface area contributed by atoms with Crippen molar-refractivity contribution in [3.05, 3.63) is 76.9 Å². The molecule has 0 fully saturated rings. The zero-order valence-electron chi connectivity index (χ0n) is 12.9. The summed E-state index contributed by atoms with van der Waals surface area (Å²) in [6.07, 6.45) is 2.65.